The minimum Gasteiger partial charge on any atom is -0.397 e. The van der Waals surface area contributed by atoms with Crippen LogP contribution >= 0.6 is 0 Å². The van der Waals surface area contributed by atoms with Crippen molar-refractivity contribution in [3.8, 4) is 0 Å². The van der Waals surface area contributed by atoms with Gasteiger partial charge in [0, 0.05) is 21.1 Å². The van der Waals surface area contributed by atoms with Crippen LogP contribution in [0.1, 0.15) is 5.56 Å². The molecule has 0 aliphatic heterocycles. The lowest BCUT2D eigenvalue weighted by Crippen LogP contribution is -2.23. The van der Waals surface area contributed by atoms with Crippen LogP contribution in [0, 0.1) is 6.92 Å². The van der Waals surface area contributed by atoms with Crippen molar-refractivity contribution in [3.05, 3.63) is 17.7 Å². The molecule has 0 aliphatic carbocycles. The van der Waals surface area contributed by atoms with Gasteiger partial charge in [0.25, 0.3) is 0 Å². The van der Waals surface area contributed by atoms with Crippen molar-refractivity contribution in [2.75, 3.05) is 32.2 Å². The second kappa shape index (κ2) is 4.31. The molecular weight excluding hydrogens is 226 g/mol. The van der Waals surface area contributed by atoms with Crippen LogP contribution in [0.25, 0.3) is 0 Å². The Hall–Kier alpha value is -1.27. The highest BCUT2D eigenvalue weighted by molar-refractivity contribution is 7.89. The molecule has 0 spiro atoms. The largest absolute Gasteiger partial charge is 0.397 e. The number of hydrogen-bond acceptors (Lipinski definition) is 4. The monoisotopic (exact) mass is 243 g/mol. The Bertz CT molecular complexity index is 495. The van der Waals surface area contributed by atoms with Crippen molar-refractivity contribution < 1.29 is 8.42 Å². The van der Waals surface area contributed by atoms with Gasteiger partial charge in [-0.05, 0) is 24.6 Å². The maximum absolute atomic E-state index is 12.0. The molecule has 0 saturated heterocycles. The fourth-order valence-electron chi connectivity index (χ4n) is 1.39. The van der Waals surface area contributed by atoms with Gasteiger partial charge in [-0.3, -0.25) is 0 Å². The Kier molecular flexibility index (Phi) is 3.44. The van der Waals surface area contributed by atoms with Crippen molar-refractivity contribution in [3.63, 3.8) is 0 Å². The third kappa shape index (κ3) is 2.12. The van der Waals surface area contributed by atoms with Crippen LogP contribution in [-0.4, -0.2) is 33.9 Å². The maximum atomic E-state index is 12.0. The zero-order chi connectivity index (χ0) is 12.5. The zero-order valence-corrected chi connectivity index (χ0v) is 10.7. The summed E-state index contributed by atoms with van der Waals surface area (Å²) in [7, 11) is 1.31. The van der Waals surface area contributed by atoms with E-state index < -0.39 is 10.0 Å². The summed E-state index contributed by atoms with van der Waals surface area (Å²) in [5, 5.41) is 2.91. The van der Waals surface area contributed by atoms with Gasteiger partial charge in [0.2, 0.25) is 10.0 Å². The van der Waals surface area contributed by atoms with Crippen LogP contribution in [0.2, 0.25) is 0 Å². The van der Waals surface area contributed by atoms with E-state index in [9.17, 15) is 8.42 Å². The SMILES string of the molecule is CNc1cc(C)c(S(=O)(=O)N(C)C)cc1N. The molecule has 0 bridgehead atoms. The number of hydrogen-bond donors (Lipinski definition) is 2. The van der Waals surface area contributed by atoms with Crippen LogP contribution in [0.15, 0.2) is 17.0 Å². The first kappa shape index (κ1) is 12.8. The number of nitrogens with one attached hydrogen (secondary N) is 1. The summed E-state index contributed by atoms with van der Waals surface area (Å²) < 4.78 is 25.1. The minimum atomic E-state index is -3.43. The lowest BCUT2D eigenvalue weighted by molar-refractivity contribution is 0.520. The molecule has 3 N–H and O–H groups in total. The number of rotatable bonds is 3. The molecule has 0 aliphatic rings. The maximum Gasteiger partial charge on any atom is 0.242 e. The quantitative estimate of drug-likeness (QED) is 0.772. The Labute approximate surface area is 96.3 Å². The molecule has 90 valence electrons. The molecule has 5 nitrogen and oxygen atoms in total. The van der Waals surface area contributed by atoms with Crippen molar-refractivity contribution >= 4 is 21.4 Å². The van der Waals surface area contributed by atoms with Gasteiger partial charge in [0.05, 0.1) is 16.3 Å². The molecule has 0 radical (unpaired) electrons. The lowest BCUT2D eigenvalue weighted by Gasteiger charge is -2.15. The van der Waals surface area contributed by atoms with Gasteiger partial charge in [0.15, 0.2) is 0 Å². The van der Waals surface area contributed by atoms with Crippen molar-refractivity contribution in [2.45, 2.75) is 11.8 Å². The van der Waals surface area contributed by atoms with E-state index in [0.717, 1.165) is 5.69 Å². The highest BCUT2D eigenvalue weighted by atomic mass is 32.2. The third-order valence-corrected chi connectivity index (χ3v) is 4.33. The van der Waals surface area contributed by atoms with Crippen LogP contribution in [-0.2, 0) is 10.0 Å². The van der Waals surface area contributed by atoms with Crippen molar-refractivity contribution in [2.24, 2.45) is 0 Å². The van der Waals surface area contributed by atoms with Crippen molar-refractivity contribution in [1.82, 2.24) is 4.31 Å². The molecule has 6 heteroatoms. The second-order valence-electron chi connectivity index (χ2n) is 3.74. The van der Waals surface area contributed by atoms with E-state index in [-0.39, 0.29) is 4.90 Å². The van der Waals surface area contributed by atoms with Gasteiger partial charge in [-0.2, -0.15) is 0 Å². The van der Waals surface area contributed by atoms with Crippen LogP contribution in [0.5, 0.6) is 0 Å². The van der Waals surface area contributed by atoms with E-state index in [0.29, 0.717) is 11.3 Å². The van der Waals surface area contributed by atoms with Crippen molar-refractivity contribution in [1.29, 1.82) is 0 Å². The molecule has 0 atom stereocenters. The van der Waals surface area contributed by atoms with Crippen LogP contribution < -0.4 is 11.1 Å². The average Bonchev–Trinajstić information content (AvgIpc) is 2.20. The summed E-state index contributed by atoms with van der Waals surface area (Å²) in [4.78, 5) is 0.244. The topological polar surface area (TPSA) is 75.4 Å². The zero-order valence-electron chi connectivity index (χ0n) is 9.90. The fraction of sp³-hybridized carbons (Fsp3) is 0.400. The number of nitrogens with two attached hydrogens (primary N) is 1. The molecule has 0 saturated carbocycles. The number of nitrogens with zero attached hydrogens (tertiary/aromatic N) is 1. The van der Waals surface area contributed by atoms with E-state index >= 15 is 0 Å². The van der Waals surface area contributed by atoms with Gasteiger partial charge in [-0.25, -0.2) is 12.7 Å². The van der Waals surface area contributed by atoms with Gasteiger partial charge in [-0.1, -0.05) is 0 Å². The highest BCUT2D eigenvalue weighted by Gasteiger charge is 2.20. The summed E-state index contributed by atoms with van der Waals surface area (Å²) in [6.45, 7) is 1.75. The molecule has 0 aromatic heterocycles. The summed E-state index contributed by atoms with van der Waals surface area (Å²) in [5.74, 6) is 0. The van der Waals surface area contributed by atoms with Gasteiger partial charge < -0.3 is 11.1 Å². The number of aryl methyl sites for hydroxylation is 1. The first-order valence-electron chi connectivity index (χ1n) is 4.81. The van der Waals surface area contributed by atoms with Gasteiger partial charge in [0.1, 0.15) is 0 Å². The van der Waals surface area contributed by atoms with E-state index in [4.69, 9.17) is 5.73 Å². The molecule has 0 amide bonds. The predicted octanol–water partition coefficient (Wildman–Crippen LogP) is 0.869. The molecule has 1 aromatic rings. The Morgan fingerprint density at radius 3 is 2.31 bits per heavy atom. The summed E-state index contributed by atoms with van der Waals surface area (Å²) in [6.07, 6.45) is 0. The molecule has 1 rings (SSSR count). The molecule has 16 heavy (non-hydrogen) atoms. The normalized spacial score (nSPS) is 11.8. The molecule has 1 aromatic carbocycles. The van der Waals surface area contributed by atoms with E-state index in [1.165, 1.54) is 24.5 Å². The summed E-state index contributed by atoms with van der Waals surface area (Å²) in [5.41, 5.74) is 7.58. The Balaban J connectivity index is 3.44. The number of nitrogen functional groups attached to an aromatic ring is 1. The molecule has 0 unspecified atom stereocenters. The summed E-state index contributed by atoms with van der Waals surface area (Å²) >= 11 is 0. The molecular formula is C10H17N3O2S. The smallest absolute Gasteiger partial charge is 0.242 e. The number of anilines is 2. The van der Waals surface area contributed by atoms with E-state index in [1.54, 1.807) is 20.0 Å². The first-order valence-corrected chi connectivity index (χ1v) is 6.25. The van der Waals surface area contributed by atoms with E-state index in [2.05, 4.69) is 5.32 Å². The lowest BCUT2D eigenvalue weighted by atomic mass is 10.2. The molecule has 0 fully saturated rings. The first-order chi connectivity index (χ1) is 7.30. The number of benzene rings is 1. The standard InChI is InChI=1S/C10H17N3O2S/c1-7-5-9(12-2)8(11)6-10(7)16(14,15)13(3)4/h5-6,12H,11H2,1-4H3. The van der Waals surface area contributed by atoms with E-state index in [1.807, 2.05) is 0 Å². The van der Waals surface area contributed by atoms with Gasteiger partial charge in [-0.15, -0.1) is 0 Å². The minimum absolute atomic E-state index is 0.244. The molecule has 0 heterocycles. The number of sulfonamides is 1. The van der Waals surface area contributed by atoms with Crippen LogP contribution in [0.4, 0.5) is 11.4 Å². The Morgan fingerprint density at radius 2 is 1.88 bits per heavy atom. The third-order valence-electron chi connectivity index (χ3n) is 2.38. The fourth-order valence-corrected chi connectivity index (χ4v) is 2.53. The Morgan fingerprint density at radius 1 is 1.31 bits per heavy atom. The summed E-state index contributed by atoms with van der Waals surface area (Å²) in [6, 6.07) is 3.21. The highest BCUT2D eigenvalue weighted by Crippen LogP contribution is 2.27. The second-order valence-corrected chi connectivity index (χ2v) is 5.86. The predicted molar refractivity (Wildman–Crippen MR) is 66.0 cm³/mol. The average molecular weight is 243 g/mol. The van der Waals surface area contributed by atoms with Crippen LogP contribution in [0.3, 0.4) is 0 Å². The van der Waals surface area contributed by atoms with Gasteiger partial charge >= 0.3 is 0 Å².